The Bertz CT molecular complexity index is 1740. The summed E-state index contributed by atoms with van der Waals surface area (Å²) in [6.07, 6.45) is -3.49. The molecule has 0 atom stereocenters. The molecular weight excluding hydrogens is 659 g/mol. The highest BCUT2D eigenvalue weighted by Crippen LogP contribution is 2.37. The average molecular weight is 679 g/mol. The van der Waals surface area contributed by atoms with Gasteiger partial charge < -0.3 is 20.1 Å². The van der Waals surface area contributed by atoms with Gasteiger partial charge in [-0.25, -0.2) is 36.9 Å². The first-order chi connectivity index (χ1) is 20.7. The number of nitrogens with zero attached hydrogens (tertiary/aromatic N) is 4. The molecule has 0 spiro atoms. The van der Waals surface area contributed by atoms with Gasteiger partial charge in [0.05, 0.1) is 11.2 Å². The van der Waals surface area contributed by atoms with E-state index in [0.717, 1.165) is 37.5 Å². The molecule has 3 N–H and O–H groups in total. The Morgan fingerprint density at radius 1 is 1.07 bits per heavy atom. The summed E-state index contributed by atoms with van der Waals surface area (Å²) in [5.41, 5.74) is 2.29. The monoisotopic (exact) mass is 678 g/mol. The summed E-state index contributed by atoms with van der Waals surface area (Å²) in [5, 5.41) is 12.2. The van der Waals surface area contributed by atoms with Crippen LogP contribution in [0.15, 0.2) is 58.4 Å². The fourth-order valence-electron chi connectivity index (χ4n) is 3.68. The van der Waals surface area contributed by atoms with E-state index in [1.807, 2.05) is 4.90 Å². The van der Waals surface area contributed by atoms with E-state index in [9.17, 15) is 30.4 Å². The van der Waals surface area contributed by atoms with E-state index in [2.05, 4.69) is 25.0 Å². The van der Waals surface area contributed by atoms with Crippen LogP contribution in [0.4, 0.5) is 33.7 Å². The third kappa shape index (κ3) is 8.28. The van der Waals surface area contributed by atoms with Crippen molar-refractivity contribution in [3.05, 3.63) is 70.1 Å². The number of anilines is 2. The maximum atomic E-state index is 15.0. The number of benzene rings is 2. The van der Waals surface area contributed by atoms with Crippen molar-refractivity contribution in [2.24, 2.45) is 0 Å². The third-order valence-corrected chi connectivity index (χ3v) is 7.86. The molecule has 44 heavy (non-hydrogen) atoms. The van der Waals surface area contributed by atoms with Crippen molar-refractivity contribution in [2.75, 3.05) is 35.8 Å². The molecule has 1 aliphatic rings. The maximum absolute atomic E-state index is 15.0. The minimum Gasteiger partial charge on any atom is -0.475 e. The Morgan fingerprint density at radius 2 is 1.77 bits per heavy atom. The summed E-state index contributed by atoms with van der Waals surface area (Å²) in [4.78, 5) is 22.8. The van der Waals surface area contributed by atoms with E-state index in [1.165, 1.54) is 23.0 Å². The lowest BCUT2D eigenvalue weighted by atomic mass is 10.1. The standard InChI is InChI=1S/C23H19ClF2N6O3S2.C2HF3O2/c24-14-1-2-19(15(9-14)18-3-4-28-23(30-18)32-7-5-27-6-8-32)35-20-10-17(26)21(11-16(20)25)37(33,34)31-22-12-36-13-29-22;3-2(4,5)1(6)7/h1-4,9-13,27,31H,5-8H2;(H,6,7). The number of thiazole rings is 1. The molecule has 0 bridgehead atoms. The van der Waals surface area contributed by atoms with Crippen molar-refractivity contribution in [2.45, 2.75) is 11.1 Å². The lowest BCUT2D eigenvalue weighted by Crippen LogP contribution is -2.44. The first-order valence-electron chi connectivity index (χ1n) is 12.2. The zero-order valence-corrected chi connectivity index (χ0v) is 24.4. The number of piperazine rings is 1. The first-order valence-corrected chi connectivity index (χ1v) is 15.0. The number of aromatic nitrogens is 3. The van der Waals surface area contributed by atoms with Crippen molar-refractivity contribution < 1.29 is 45.0 Å². The molecule has 0 unspecified atom stereocenters. The number of carboxylic acid groups (broad SMARTS) is 1. The quantitative estimate of drug-likeness (QED) is 0.224. The van der Waals surface area contributed by atoms with Crippen molar-refractivity contribution in [3.8, 4) is 22.8 Å². The molecule has 19 heteroatoms. The van der Waals surface area contributed by atoms with Gasteiger partial charge >= 0.3 is 12.1 Å². The number of hydrogen-bond acceptors (Lipinski definition) is 10. The molecule has 3 heterocycles. The molecule has 5 rings (SSSR count). The lowest BCUT2D eigenvalue weighted by molar-refractivity contribution is -0.192. The second-order valence-corrected chi connectivity index (χ2v) is 11.5. The van der Waals surface area contributed by atoms with Crippen LogP contribution in [-0.4, -0.2) is 66.8 Å². The molecule has 0 aliphatic carbocycles. The van der Waals surface area contributed by atoms with Gasteiger partial charge in [0.1, 0.15) is 16.5 Å². The zero-order chi connectivity index (χ0) is 32.1. The molecule has 1 saturated heterocycles. The number of rotatable bonds is 7. The number of carboxylic acids is 1. The van der Waals surface area contributed by atoms with Crippen molar-refractivity contribution in [3.63, 3.8) is 0 Å². The molecule has 0 amide bonds. The number of nitrogens with one attached hydrogen (secondary N) is 2. The van der Waals surface area contributed by atoms with Gasteiger partial charge in [-0.3, -0.25) is 4.72 Å². The topological polar surface area (TPSA) is 147 Å². The summed E-state index contributed by atoms with van der Waals surface area (Å²) >= 11 is 7.36. The fourth-order valence-corrected chi connectivity index (χ4v) is 5.48. The maximum Gasteiger partial charge on any atom is 0.490 e. The number of ether oxygens (including phenoxy) is 1. The second kappa shape index (κ2) is 13.7. The molecule has 2 aromatic carbocycles. The summed E-state index contributed by atoms with van der Waals surface area (Å²) in [5.74, 6) is -4.88. The molecular formula is C25H20ClF5N6O5S2. The minimum absolute atomic E-state index is 0.000905. The number of sulfonamides is 1. The number of halogens is 6. The molecule has 0 saturated carbocycles. The smallest absolute Gasteiger partial charge is 0.475 e. The number of alkyl halides is 3. The predicted octanol–water partition coefficient (Wildman–Crippen LogP) is 5.17. The van der Waals surface area contributed by atoms with E-state index in [4.69, 9.17) is 26.2 Å². The Hall–Kier alpha value is -4.13. The lowest BCUT2D eigenvalue weighted by Gasteiger charge is -2.27. The molecule has 1 fully saturated rings. The largest absolute Gasteiger partial charge is 0.490 e. The second-order valence-electron chi connectivity index (χ2n) is 8.72. The van der Waals surface area contributed by atoms with E-state index < -0.39 is 44.4 Å². The van der Waals surface area contributed by atoms with E-state index in [0.29, 0.717) is 34.4 Å². The normalized spacial score (nSPS) is 13.5. The predicted molar refractivity (Wildman–Crippen MR) is 151 cm³/mol. The Morgan fingerprint density at radius 3 is 2.41 bits per heavy atom. The summed E-state index contributed by atoms with van der Waals surface area (Å²) in [7, 11) is -4.42. The van der Waals surface area contributed by atoms with Crippen molar-refractivity contribution in [1.82, 2.24) is 20.3 Å². The van der Waals surface area contributed by atoms with Crippen LogP contribution in [0.2, 0.25) is 5.02 Å². The highest BCUT2D eigenvalue weighted by molar-refractivity contribution is 7.92. The summed E-state index contributed by atoms with van der Waals surface area (Å²) < 4.78 is 94.5. The minimum atomic E-state index is -5.08. The molecule has 2 aromatic heterocycles. The van der Waals surface area contributed by atoms with Gasteiger partial charge in [0.25, 0.3) is 10.0 Å². The average Bonchev–Trinajstić information content (AvgIpc) is 3.48. The zero-order valence-electron chi connectivity index (χ0n) is 22.0. The van der Waals surface area contributed by atoms with Crippen LogP contribution in [0, 0.1) is 11.6 Å². The van der Waals surface area contributed by atoms with E-state index in [1.54, 1.807) is 18.3 Å². The SMILES string of the molecule is O=C(O)C(F)(F)F.O=S(=O)(Nc1cscn1)c1cc(F)c(Oc2ccc(Cl)cc2-c2ccnc(N3CCNCC3)n2)cc1F. The van der Waals surface area contributed by atoms with Crippen LogP contribution in [0.5, 0.6) is 11.5 Å². The Balaban J connectivity index is 0.000000566. The van der Waals surface area contributed by atoms with Gasteiger partial charge in [-0.2, -0.15) is 13.2 Å². The van der Waals surface area contributed by atoms with Crippen LogP contribution >= 0.6 is 22.9 Å². The number of carbonyl (C=O) groups is 1. The Kier molecular flexibility index (Phi) is 10.2. The Labute approximate surface area is 255 Å². The molecule has 234 valence electrons. The van der Waals surface area contributed by atoms with Gasteiger partial charge in [0.2, 0.25) is 5.95 Å². The highest BCUT2D eigenvalue weighted by atomic mass is 35.5. The van der Waals surface area contributed by atoms with E-state index >= 15 is 0 Å². The van der Waals surface area contributed by atoms with Crippen molar-refractivity contribution in [1.29, 1.82) is 0 Å². The molecule has 4 aromatic rings. The van der Waals surface area contributed by atoms with Crippen molar-refractivity contribution >= 4 is 50.7 Å². The highest BCUT2D eigenvalue weighted by Gasteiger charge is 2.38. The van der Waals surface area contributed by atoms with E-state index in [-0.39, 0.29) is 11.6 Å². The van der Waals surface area contributed by atoms with Gasteiger partial charge in [-0.05, 0) is 24.3 Å². The summed E-state index contributed by atoms with van der Waals surface area (Å²) in [6.45, 7) is 3.07. The molecule has 1 aliphatic heterocycles. The van der Waals surface area contributed by atoms with Crippen LogP contribution in [0.25, 0.3) is 11.3 Å². The number of aliphatic carboxylic acids is 1. The van der Waals surface area contributed by atoms with Gasteiger partial charge in [-0.15, -0.1) is 11.3 Å². The van der Waals surface area contributed by atoms with Crippen LogP contribution in [0.1, 0.15) is 0 Å². The number of hydrogen-bond donors (Lipinski definition) is 3. The third-order valence-electron chi connectivity index (χ3n) is 5.67. The van der Waals surface area contributed by atoms with Crippen LogP contribution < -0.4 is 19.7 Å². The summed E-state index contributed by atoms with van der Waals surface area (Å²) in [6, 6.07) is 7.50. The van der Waals surface area contributed by atoms with Crippen LogP contribution in [0.3, 0.4) is 0 Å². The van der Waals surface area contributed by atoms with Gasteiger partial charge in [0.15, 0.2) is 17.4 Å². The first kappa shape index (κ1) is 32.8. The van der Waals surface area contributed by atoms with Gasteiger partial charge in [0, 0.05) is 60.5 Å². The molecule has 0 radical (unpaired) electrons. The molecule has 11 nitrogen and oxygen atoms in total. The van der Waals surface area contributed by atoms with Gasteiger partial charge in [-0.1, -0.05) is 11.6 Å². The van der Waals surface area contributed by atoms with Crippen LogP contribution in [-0.2, 0) is 14.8 Å². The fraction of sp³-hybridized carbons (Fsp3) is 0.200.